The lowest BCUT2D eigenvalue weighted by Gasteiger charge is -2.30. The topological polar surface area (TPSA) is 91.4 Å². The van der Waals surface area contributed by atoms with Crippen molar-refractivity contribution in [2.75, 3.05) is 48.8 Å². The summed E-state index contributed by atoms with van der Waals surface area (Å²) in [5, 5.41) is 8.90. The summed E-state index contributed by atoms with van der Waals surface area (Å²) in [6.45, 7) is 4.81. The minimum Gasteiger partial charge on any atom is -0.494 e. The molecule has 0 amide bonds. The van der Waals surface area contributed by atoms with E-state index in [-0.39, 0.29) is 23.0 Å². The summed E-state index contributed by atoms with van der Waals surface area (Å²) < 4.78 is 46.5. The third-order valence-electron chi connectivity index (χ3n) is 5.57. The van der Waals surface area contributed by atoms with E-state index in [1.807, 2.05) is 12.1 Å². The molecule has 0 aliphatic carbocycles. The Labute approximate surface area is 200 Å². The maximum absolute atomic E-state index is 13.7. The number of halogens is 3. The molecule has 0 atom stereocenters. The number of alkyl halides is 3. The van der Waals surface area contributed by atoms with Crippen molar-refractivity contribution in [3.8, 4) is 5.75 Å². The number of benzene rings is 2. The van der Waals surface area contributed by atoms with Crippen LogP contribution in [0.5, 0.6) is 5.75 Å². The lowest BCUT2D eigenvalue weighted by atomic mass is 10.1. The van der Waals surface area contributed by atoms with Crippen molar-refractivity contribution in [3.63, 3.8) is 0 Å². The number of anilines is 5. The number of carbonyl (C=O) groups is 1. The van der Waals surface area contributed by atoms with Gasteiger partial charge in [-0.25, -0.2) is 4.98 Å². The number of hydrogen-bond donors (Lipinski definition) is 3. The van der Waals surface area contributed by atoms with Crippen LogP contribution >= 0.6 is 0 Å². The minimum atomic E-state index is -4.70. The Kier molecular flexibility index (Phi) is 7.06. The van der Waals surface area contributed by atoms with Gasteiger partial charge in [-0.1, -0.05) is 12.1 Å². The summed E-state index contributed by atoms with van der Waals surface area (Å²) in [4.78, 5) is 22.1. The molecule has 0 bridgehead atoms. The predicted octanol–water partition coefficient (Wildman–Crippen LogP) is 4.60. The number of ketones is 1. The highest BCUT2D eigenvalue weighted by molar-refractivity contribution is 6.00. The van der Waals surface area contributed by atoms with Crippen LogP contribution in [0.1, 0.15) is 22.8 Å². The highest BCUT2D eigenvalue weighted by Crippen LogP contribution is 2.37. The minimum absolute atomic E-state index is 0.0611. The highest BCUT2D eigenvalue weighted by Gasteiger charge is 2.35. The average Bonchev–Trinajstić information content (AvgIpc) is 2.84. The van der Waals surface area contributed by atoms with Gasteiger partial charge in [0.15, 0.2) is 5.78 Å². The molecule has 184 valence electrons. The number of aromatic nitrogens is 2. The first-order valence-corrected chi connectivity index (χ1v) is 11.0. The smallest absolute Gasteiger partial charge is 0.421 e. The van der Waals surface area contributed by atoms with Gasteiger partial charge < -0.3 is 25.6 Å². The predicted molar refractivity (Wildman–Crippen MR) is 128 cm³/mol. The second-order valence-corrected chi connectivity index (χ2v) is 7.93. The number of ether oxygens (including phenoxy) is 1. The average molecular weight is 486 g/mol. The normalized spacial score (nSPS) is 13.9. The summed E-state index contributed by atoms with van der Waals surface area (Å²) in [6.07, 6.45) is -4.00. The van der Waals surface area contributed by atoms with Crippen LogP contribution in [0.25, 0.3) is 0 Å². The van der Waals surface area contributed by atoms with Crippen LogP contribution in [0.15, 0.2) is 48.7 Å². The van der Waals surface area contributed by atoms with Crippen molar-refractivity contribution >= 4 is 34.6 Å². The molecule has 35 heavy (non-hydrogen) atoms. The Hall–Kier alpha value is -3.86. The molecular formula is C24H25F3N6O2. The van der Waals surface area contributed by atoms with E-state index in [2.05, 4.69) is 30.8 Å². The second kappa shape index (κ2) is 10.2. The van der Waals surface area contributed by atoms with Crippen molar-refractivity contribution < 1.29 is 22.7 Å². The Morgan fingerprint density at radius 3 is 2.51 bits per heavy atom. The zero-order valence-electron chi connectivity index (χ0n) is 19.2. The van der Waals surface area contributed by atoms with Crippen LogP contribution in [0, 0.1) is 0 Å². The Morgan fingerprint density at radius 1 is 1.09 bits per heavy atom. The van der Waals surface area contributed by atoms with Crippen LogP contribution < -0.4 is 25.6 Å². The van der Waals surface area contributed by atoms with E-state index in [0.29, 0.717) is 17.6 Å². The Morgan fingerprint density at radius 2 is 1.83 bits per heavy atom. The first-order chi connectivity index (χ1) is 16.8. The van der Waals surface area contributed by atoms with Crippen molar-refractivity contribution in [1.29, 1.82) is 0 Å². The molecule has 0 radical (unpaired) electrons. The maximum Gasteiger partial charge on any atom is 0.421 e. The largest absolute Gasteiger partial charge is 0.494 e. The second-order valence-electron chi connectivity index (χ2n) is 7.93. The highest BCUT2D eigenvalue weighted by atomic mass is 19.4. The molecule has 0 saturated carbocycles. The lowest BCUT2D eigenvalue weighted by Crippen LogP contribution is -2.43. The number of carbonyl (C=O) groups excluding carboxylic acids is 1. The Bertz CT molecular complexity index is 1210. The van der Waals surface area contributed by atoms with Gasteiger partial charge in [0.05, 0.1) is 18.5 Å². The summed E-state index contributed by atoms with van der Waals surface area (Å²) in [7, 11) is 1.52. The molecule has 3 N–H and O–H groups in total. The number of rotatable bonds is 7. The molecule has 1 aliphatic rings. The van der Waals surface area contributed by atoms with Gasteiger partial charge in [-0.05, 0) is 31.2 Å². The molecule has 2 heterocycles. The zero-order valence-corrected chi connectivity index (χ0v) is 19.2. The van der Waals surface area contributed by atoms with E-state index in [1.54, 1.807) is 18.2 Å². The van der Waals surface area contributed by atoms with E-state index in [1.165, 1.54) is 26.2 Å². The van der Waals surface area contributed by atoms with E-state index in [9.17, 15) is 18.0 Å². The molecule has 1 aliphatic heterocycles. The maximum atomic E-state index is 13.7. The molecule has 1 fully saturated rings. The standard InChI is InChI=1S/C24H25F3N6O2/c1-15(34)17-5-3-4-6-19(17)30-22-18(24(25,26)27)14-29-23(32-22)31-20-8-7-16(13-21(20)35-2)33-11-9-28-10-12-33/h3-8,13-14,28H,9-12H2,1-2H3,(H2,29,30,31,32). The number of nitrogens with one attached hydrogen (secondary N) is 3. The van der Waals surface area contributed by atoms with Gasteiger partial charge in [0.25, 0.3) is 0 Å². The summed E-state index contributed by atoms with van der Waals surface area (Å²) in [6, 6.07) is 11.8. The van der Waals surface area contributed by atoms with Crippen molar-refractivity contribution in [2.24, 2.45) is 0 Å². The number of hydrogen-bond acceptors (Lipinski definition) is 8. The number of piperazine rings is 1. The van der Waals surface area contributed by atoms with Crippen LogP contribution in [0.3, 0.4) is 0 Å². The Balaban J connectivity index is 1.65. The fourth-order valence-electron chi connectivity index (χ4n) is 3.79. The fraction of sp³-hybridized carbons (Fsp3) is 0.292. The monoisotopic (exact) mass is 486 g/mol. The van der Waals surface area contributed by atoms with Crippen molar-refractivity contribution in [2.45, 2.75) is 13.1 Å². The van der Waals surface area contributed by atoms with Gasteiger partial charge in [0.1, 0.15) is 17.1 Å². The molecule has 8 nitrogen and oxygen atoms in total. The number of Topliss-reactive ketones (excluding diaryl/α,β-unsaturated/α-hetero) is 1. The van der Waals surface area contributed by atoms with Gasteiger partial charge >= 0.3 is 6.18 Å². The van der Waals surface area contributed by atoms with Gasteiger partial charge in [0, 0.05) is 49.7 Å². The quantitative estimate of drug-likeness (QED) is 0.418. The first kappa shape index (κ1) is 24.3. The first-order valence-electron chi connectivity index (χ1n) is 11.0. The van der Waals surface area contributed by atoms with E-state index in [4.69, 9.17) is 4.74 Å². The molecule has 11 heteroatoms. The molecule has 3 aromatic rings. The SMILES string of the molecule is COc1cc(N2CCNCC2)ccc1Nc1ncc(C(F)(F)F)c(Nc2ccccc2C(C)=O)n1. The molecule has 1 aromatic heterocycles. The van der Waals surface area contributed by atoms with Crippen molar-refractivity contribution in [1.82, 2.24) is 15.3 Å². The van der Waals surface area contributed by atoms with Crippen LogP contribution in [-0.4, -0.2) is 49.0 Å². The number of nitrogens with zero attached hydrogens (tertiary/aromatic N) is 3. The molecular weight excluding hydrogens is 461 g/mol. The molecule has 0 unspecified atom stereocenters. The summed E-state index contributed by atoms with van der Waals surface area (Å²) in [5.41, 5.74) is 0.890. The summed E-state index contributed by atoms with van der Waals surface area (Å²) in [5.74, 6) is -0.321. The van der Waals surface area contributed by atoms with E-state index in [0.717, 1.165) is 31.9 Å². The third-order valence-corrected chi connectivity index (χ3v) is 5.57. The van der Waals surface area contributed by atoms with Gasteiger partial charge in [0.2, 0.25) is 5.95 Å². The lowest BCUT2D eigenvalue weighted by molar-refractivity contribution is -0.137. The van der Waals surface area contributed by atoms with E-state index < -0.39 is 17.6 Å². The van der Waals surface area contributed by atoms with Gasteiger partial charge in [-0.15, -0.1) is 0 Å². The summed E-state index contributed by atoms with van der Waals surface area (Å²) >= 11 is 0. The van der Waals surface area contributed by atoms with Crippen LogP contribution in [0.4, 0.5) is 42.0 Å². The molecule has 2 aromatic carbocycles. The van der Waals surface area contributed by atoms with Crippen LogP contribution in [-0.2, 0) is 6.18 Å². The molecule has 0 spiro atoms. The zero-order chi connectivity index (χ0) is 25.0. The van der Waals surface area contributed by atoms with Crippen molar-refractivity contribution in [3.05, 3.63) is 59.8 Å². The third kappa shape index (κ3) is 5.62. The van der Waals surface area contributed by atoms with Gasteiger partial charge in [-0.3, -0.25) is 4.79 Å². The fourth-order valence-corrected chi connectivity index (χ4v) is 3.79. The number of methoxy groups -OCH3 is 1. The van der Waals surface area contributed by atoms with E-state index >= 15 is 0 Å². The van der Waals surface area contributed by atoms with Crippen LogP contribution in [0.2, 0.25) is 0 Å². The van der Waals surface area contributed by atoms with Gasteiger partial charge in [-0.2, -0.15) is 18.2 Å². The molecule has 1 saturated heterocycles. The number of para-hydroxylation sites is 1. The molecule has 4 rings (SSSR count).